The third-order valence-electron chi connectivity index (χ3n) is 4.29. The predicted molar refractivity (Wildman–Crippen MR) is 105 cm³/mol. The number of rotatable bonds is 5. The summed E-state index contributed by atoms with van der Waals surface area (Å²) in [5.41, 5.74) is 2.74. The van der Waals surface area contributed by atoms with E-state index in [0.717, 1.165) is 12.1 Å². The van der Waals surface area contributed by atoms with Crippen molar-refractivity contribution in [2.75, 3.05) is 0 Å². The molecule has 3 aromatic rings. The van der Waals surface area contributed by atoms with E-state index in [-0.39, 0.29) is 11.9 Å². The maximum atomic E-state index is 12.8. The molecule has 0 aliphatic heterocycles. The zero-order chi connectivity index (χ0) is 18.8. The van der Waals surface area contributed by atoms with Gasteiger partial charge in [0.25, 0.3) is 5.91 Å². The molecule has 0 saturated heterocycles. The third-order valence-corrected chi connectivity index (χ3v) is 5.02. The van der Waals surface area contributed by atoms with E-state index in [9.17, 15) is 4.79 Å². The molecule has 1 aromatic carbocycles. The first-order chi connectivity index (χ1) is 12.4. The van der Waals surface area contributed by atoms with Gasteiger partial charge in [-0.2, -0.15) is 5.10 Å². The molecule has 3 rings (SSSR count). The van der Waals surface area contributed by atoms with Crippen LogP contribution in [-0.2, 0) is 7.05 Å². The molecular weight excluding hydrogens is 371 g/mol. The summed E-state index contributed by atoms with van der Waals surface area (Å²) in [7, 11) is 1.94. The van der Waals surface area contributed by atoms with E-state index < -0.39 is 0 Å². The smallest absolute Gasteiger partial charge is 0.270 e. The molecule has 0 aliphatic rings. The molecule has 26 heavy (non-hydrogen) atoms. The highest BCUT2D eigenvalue weighted by Crippen LogP contribution is 2.27. The minimum Gasteiger partial charge on any atom is -0.349 e. The fourth-order valence-corrected chi connectivity index (χ4v) is 2.90. The van der Waals surface area contributed by atoms with E-state index in [0.29, 0.717) is 27.1 Å². The molecule has 1 N–H and O–H groups in total. The highest BCUT2D eigenvalue weighted by atomic mass is 35.5. The van der Waals surface area contributed by atoms with Crippen LogP contribution in [0.15, 0.2) is 42.6 Å². The molecule has 136 valence electrons. The van der Waals surface area contributed by atoms with Crippen molar-refractivity contribution in [1.82, 2.24) is 19.7 Å². The van der Waals surface area contributed by atoms with Crippen LogP contribution < -0.4 is 5.32 Å². The Morgan fingerprint density at radius 3 is 2.62 bits per heavy atom. The molecule has 7 heteroatoms. The van der Waals surface area contributed by atoms with Gasteiger partial charge in [-0.25, -0.2) is 4.68 Å². The lowest BCUT2D eigenvalue weighted by Gasteiger charge is -2.12. The van der Waals surface area contributed by atoms with Crippen molar-refractivity contribution < 1.29 is 4.79 Å². The van der Waals surface area contributed by atoms with Crippen LogP contribution in [0.4, 0.5) is 0 Å². The summed E-state index contributed by atoms with van der Waals surface area (Å²) in [6.45, 7) is 3.99. The lowest BCUT2D eigenvalue weighted by molar-refractivity contribution is 0.0931. The maximum Gasteiger partial charge on any atom is 0.270 e. The largest absolute Gasteiger partial charge is 0.349 e. The van der Waals surface area contributed by atoms with Gasteiger partial charge >= 0.3 is 0 Å². The molecule has 1 amide bonds. The quantitative estimate of drug-likeness (QED) is 0.685. The van der Waals surface area contributed by atoms with E-state index in [1.807, 2.05) is 43.8 Å². The summed E-state index contributed by atoms with van der Waals surface area (Å²) in [5, 5.41) is 8.50. The molecule has 5 nitrogen and oxygen atoms in total. The molecular formula is C19H20Cl2N4O. The first kappa shape index (κ1) is 18.5. The van der Waals surface area contributed by atoms with Crippen molar-refractivity contribution in [3.8, 4) is 17.1 Å². The SMILES string of the molecule is CC[C@@H](C)NC(=O)c1cc(-c2cccn2C)nn1-c1ccc(Cl)c(Cl)c1. The Kier molecular flexibility index (Phi) is 5.39. The average molecular weight is 391 g/mol. The van der Waals surface area contributed by atoms with Crippen molar-refractivity contribution in [2.24, 2.45) is 7.05 Å². The van der Waals surface area contributed by atoms with Crippen molar-refractivity contribution in [3.05, 3.63) is 58.3 Å². The standard InChI is InChI=1S/C19H20Cl2N4O/c1-4-12(2)22-19(26)18-11-16(17-6-5-9-24(17)3)23-25(18)13-7-8-14(20)15(21)10-13/h5-12H,4H2,1-3H3,(H,22,26)/t12-/m1/s1. The van der Waals surface area contributed by atoms with Gasteiger partial charge in [-0.15, -0.1) is 0 Å². The minimum absolute atomic E-state index is 0.0677. The number of nitrogens with one attached hydrogen (secondary N) is 1. The zero-order valence-electron chi connectivity index (χ0n) is 14.8. The molecule has 0 aliphatic carbocycles. The Morgan fingerprint density at radius 2 is 2.00 bits per heavy atom. The normalized spacial score (nSPS) is 12.2. The lowest BCUT2D eigenvalue weighted by atomic mass is 10.2. The maximum absolute atomic E-state index is 12.8. The van der Waals surface area contributed by atoms with E-state index in [2.05, 4.69) is 10.4 Å². The van der Waals surface area contributed by atoms with Crippen LogP contribution >= 0.6 is 23.2 Å². The number of carbonyl (C=O) groups excluding carboxylic acids is 1. The van der Waals surface area contributed by atoms with Gasteiger partial charge in [0, 0.05) is 19.3 Å². The molecule has 0 unspecified atom stereocenters. The summed E-state index contributed by atoms with van der Waals surface area (Å²) in [6, 6.07) is 10.9. The second kappa shape index (κ2) is 7.56. The van der Waals surface area contributed by atoms with Crippen LogP contribution in [0, 0.1) is 0 Å². The fraction of sp³-hybridized carbons (Fsp3) is 0.263. The van der Waals surface area contributed by atoms with Crippen molar-refractivity contribution in [3.63, 3.8) is 0 Å². The number of hydrogen-bond donors (Lipinski definition) is 1. The van der Waals surface area contributed by atoms with Gasteiger partial charge in [-0.1, -0.05) is 30.1 Å². The summed E-state index contributed by atoms with van der Waals surface area (Å²) in [4.78, 5) is 12.8. The monoisotopic (exact) mass is 390 g/mol. The molecule has 0 bridgehead atoms. The van der Waals surface area contributed by atoms with Crippen LogP contribution in [-0.4, -0.2) is 26.3 Å². The Hall–Kier alpha value is -2.24. The third kappa shape index (κ3) is 3.64. The van der Waals surface area contributed by atoms with E-state index in [1.165, 1.54) is 0 Å². The topological polar surface area (TPSA) is 51.9 Å². The molecule has 1 atom stereocenters. The van der Waals surface area contributed by atoms with Gasteiger partial charge in [-0.3, -0.25) is 4.79 Å². The lowest BCUT2D eigenvalue weighted by Crippen LogP contribution is -2.33. The van der Waals surface area contributed by atoms with Gasteiger partial charge in [0.15, 0.2) is 0 Å². The zero-order valence-corrected chi connectivity index (χ0v) is 16.3. The van der Waals surface area contributed by atoms with Crippen molar-refractivity contribution in [2.45, 2.75) is 26.3 Å². The first-order valence-electron chi connectivity index (χ1n) is 8.38. The number of nitrogens with zero attached hydrogens (tertiary/aromatic N) is 3. The van der Waals surface area contributed by atoms with Crippen LogP contribution in [0.2, 0.25) is 10.0 Å². The summed E-state index contributed by atoms with van der Waals surface area (Å²) in [5.74, 6) is -0.182. The molecule has 0 fully saturated rings. The van der Waals surface area contributed by atoms with Gasteiger partial charge < -0.3 is 9.88 Å². The highest BCUT2D eigenvalue weighted by molar-refractivity contribution is 6.42. The fourth-order valence-electron chi connectivity index (χ4n) is 2.61. The van der Waals surface area contributed by atoms with Crippen LogP contribution in [0.1, 0.15) is 30.8 Å². The molecule has 2 aromatic heterocycles. The molecule has 0 spiro atoms. The van der Waals surface area contributed by atoms with Gasteiger partial charge in [-0.05, 0) is 49.7 Å². The van der Waals surface area contributed by atoms with Crippen LogP contribution in [0.3, 0.4) is 0 Å². The molecule has 0 radical (unpaired) electrons. The van der Waals surface area contributed by atoms with Crippen LogP contribution in [0.25, 0.3) is 17.1 Å². The van der Waals surface area contributed by atoms with Gasteiger partial charge in [0.05, 0.1) is 21.4 Å². The van der Waals surface area contributed by atoms with Gasteiger partial charge in [0.1, 0.15) is 11.4 Å². The molecule has 0 saturated carbocycles. The highest BCUT2D eigenvalue weighted by Gasteiger charge is 2.20. The number of amides is 1. The predicted octanol–water partition coefficient (Wildman–Crippen LogP) is 4.71. The summed E-state index contributed by atoms with van der Waals surface area (Å²) >= 11 is 12.2. The number of aromatic nitrogens is 3. The minimum atomic E-state index is -0.182. The number of benzene rings is 1. The van der Waals surface area contributed by atoms with E-state index in [4.69, 9.17) is 23.2 Å². The Morgan fingerprint density at radius 1 is 1.23 bits per heavy atom. The van der Waals surface area contributed by atoms with Crippen LogP contribution in [0.5, 0.6) is 0 Å². The second-order valence-corrected chi connectivity index (χ2v) is 7.03. The first-order valence-corrected chi connectivity index (χ1v) is 9.14. The number of carbonyl (C=O) groups is 1. The summed E-state index contributed by atoms with van der Waals surface area (Å²) < 4.78 is 3.56. The van der Waals surface area contributed by atoms with Gasteiger partial charge in [0.2, 0.25) is 0 Å². The Labute approximate surface area is 162 Å². The number of hydrogen-bond acceptors (Lipinski definition) is 2. The van der Waals surface area contributed by atoms with E-state index in [1.54, 1.807) is 28.9 Å². The average Bonchev–Trinajstić information content (AvgIpc) is 3.23. The molecule has 2 heterocycles. The van der Waals surface area contributed by atoms with Crippen molar-refractivity contribution in [1.29, 1.82) is 0 Å². The second-order valence-electron chi connectivity index (χ2n) is 6.21. The Balaban J connectivity index is 2.11. The Bertz CT molecular complexity index is 945. The summed E-state index contributed by atoms with van der Waals surface area (Å²) in [6.07, 6.45) is 2.78. The van der Waals surface area contributed by atoms with Crippen molar-refractivity contribution >= 4 is 29.1 Å². The number of aryl methyl sites for hydroxylation is 1. The van der Waals surface area contributed by atoms with E-state index >= 15 is 0 Å². The number of halogens is 2.